The monoisotopic (exact) mass is 2010 g/mol. The molecule has 3 fully saturated rings. The van der Waals surface area contributed by atoms with Gasteiger partial charge in [-0.05, 0) is 146 Å². The summed E-state index contributed by atoms with van der Waals surface area (Å²) < 4.78 is 52.9. The number of carbonyl (C=O) groups is 12. The number of hydrogen-bond acceptors (Lipinski definition) is 31. The van der Waals surface area contributed by atoms with Gasteiger partial charge in [0.2, 0.25) is 65.2 Å². The largest absolute Gasteiger partial charge is 0.508 e. The van der Waals surface area contributed by atoms with Crippen LogP contribution in [0.4, 0.5) is 0 Å². The fraction of sp³-hybridized carbons (Fsp3) is 0.426. The molecule has 22 atom stereocenters. The molecule has 1 unspecified atom stereocenters. The van der Waals surface area contributed by atoms with E-state index in [1.54, 1.807) is 32.9 Å². The molecule has 15 rings (SSSR count). The van der Waals surface area contributed by atoms with Gasteiger partial charge in [-0.2, -0.15) is 0 Å². The van der Waals surface area contributed by atoms with Crippen LogP contribution in [0.2, 0.25) is 15.1 Å². The Morgan fingerprint density at radius 3 is 1.77 bits per heavy atom. The van der Waals surface area contributed by atoms with Crippen molar-refractivity contribution in [3.8, 4) is 68.2 Å². The number of halogens is 3. The number of fused-ring (bicyclic) bond motifs is 15. The number of nitrogens with one attached hydrogen (secondary N) is 7. The van der Waals surface area contributed by atoms with Gasteiger partial charge in [0, 0.05) is 78.1 Å². The van der Waals surface area contributed by atoms with E-state index >= 15 is 28.8 Å². The molecule has 3 saturated heterocycles. The number of aliphatic hydroxyl groups is 6. The number of carboxylic acids is 3. The van der Waals surface area contributed by atoms with Gasteiger partial charge in [-0.15, -0.1) is 0 Å². The summed E-state index contributed by atoms with van der Waals surface area (Å²) >= 11 is 20.9. The van der Waals surface area contributed by atoms with E-state index < -0.39 is 340 Å². The van der Waals surface area contributed by atoms with E-state index in [4.69, 9.17) is 84.2 Å². The van der Waals surface area contributed by atoms with Crippen LogP contribution >= 0.6 is 34.8 Å². The van der Waals surface area contributed by atoms with Crippen molar-refractivity contribution in [2.75, 3.05) is 26.7 Å². The number of phenols is 3. The second-order valence-electron chi connectivity index (χ2n) is 35.9. The summed E-state index contributed by atoms with van der Waals surface area (Å²) in [6.45, 7) is 6.34. The van der Waals surface area contributed by atoms with E-state index in [1.165, 1.54) is 26.8 Å². The average Bonchev–Trinajstić information content (AvgIpc) is 0.760. The molecule has 43 nitrogen and oxygen atoms in total. The lowest BCUT2D eigenvalue weighted by atomic mass is 9.84. The van der Waals surface area contributed by atoms with Gasteiger partial charge in [-0.3, -0.25) is 52.7 Å². The standard InChI is InChI=1S/C94H106Cl3N11O32/c1-39(2)24-56(107(7)65(114)22-23-66(115)108(36-67(116)117)37-68(118)119)86(126)105-75-77(120)46-15-20-59(53(96)26-46)135-61-28-48-29-62(81(61)140-92-82(79(122)78(121)63(38-109)137-92)139-70-34-94(6,84(124)41(4)134-70)100-35-42-8-10-43(11-9-42)44-12-17-49(95)18-13-44)136-60-21-16-47(27-54(60)97)80(138-69-33-93(5,99)83(123)40(3)133-69)76-90(130)104-74(91(131)132)52-30-50(110)31-58(112)71(52)51-25-45(14-19-57(51)111)72(87(127)106-76)103-88(128)73(48)102-85(125)55(32-64(98)113)101-89(75)129/h8-21,25-31,39-41,55-56,63,69-70,72-80,82-84,92,100,109-112,120-124H,22-24,32-38,99H2,1-7H3,(H2,98,113)(H,101,129)(H,102,125)(H,103,128)(H,104,130)(H,105,126)(H,106,127)(H,116,117)(H,118,119)(H,131,132)/t40-,41-,55-,56+,63+,69-,70-,72+,73+,74-,75+,76-,77+,78+,79-,80+,82+,83-,84-,92?,93-,94-/m0/s1. The zero-order valence-electron chi connectivity index (χ0n) is 76.0. The van der Waals surface area contributed by atoms with Gasteiger partial charge in [-0.1, -0.05) is 103 Å². The second-order valence-corrected chi connectivity index (χ2v) is 37.2. The first-order valence-electron chi connectivity index (χ1n) is 44.2. The minimum atomic E-state index is -2.52. The number of aliphatic hydroxyl groups excluding tert-OH is 6. The zero-order chi connectivity index (χ0) is 102. The highest BCUT2D eigenvalue weighted by Crippen LogP contribution is 2.51. The number of rotatable bonds is 26. The highest BCUT2D eigenvalue weighted by Gasteiger charge is 2.54. The molecule has 0 radical (unpaired) electrons. The van der Waals surface area contributed by atoms with Crippen LogP contribution in [0.1, 0.15) is 144 Å². The smallest absolute Gasteiger partial charge is 0.330 e. The lowest BCUT2D eigenvalue weighted by Crippen LogP contribution is -2.65. The molecule has 0 spiro atoms. The SMILES string of the molecule is CC(C)C[C@H](C(=O)N[C@H]1C(=O)N[C@@H](CC(N)=O)C(=O)N[C@H]2C(=O)N[C@H]3C(=O)N[C@H](C(=O)N[C@H](C(=O)O)c4cc(O)cc(O)c4-c4cc3ccc4O)[C@H](O[C@H]3C[C@](C)(N)[C@@H](O)[C@H](C)O3)c3ccc(c(Cl)c3)Oc3cc2cc(c3OC2O[C@H](CO)[C@@H](O)[C@H](O)[C@H]2O[C@H]2C[C@](C)(NCc3ccc(-c4ccc(Cl)cc4)cc3)[C@@H](O)[C@H](C)O2)Oc2ccc(cc2Cl)[C@H]1O)N(C)C(=O)CCC(=O)N(CC(=O)O)CC(=O)O. The van der Waals surface area contributed by atoms with E-state index in [2.05, 4.69) is 37.2 Å². The normalized spacial score (nSPS) is 27.7. The van der Waals surface area contributed by atoms with Crippen molar-refractivity contribution in [3.63, 3.8) is 0 Å². The molecule has 140 heavy (non-hydrogen) atoms. The molecule has 8 aliphatic rings. The van der Waals surface area contributed by atoms with Crippen molar-refractivity contribution in [1.82, 2.24) is 47.0 Å². The molecule has 7 aromatic carbocycles. The number of carbonyl (C=O) groups excluding carboxylic acids is 9. The predicted molar refractivity (Wildman–Crippen MR) is 490 cm³/mol. The Morgan fingerprint density at radius 1 is 0.607 bits per heavy atom. The summed E-state index contributed by atoms with van der Waals surface area (Å²) in [5.74, 6) is -23.4. The minimum Gasteiger partial charge on any atom is -0.508 e. The highest BCUT2D eigenvalue weighted by atomic mass is 35.5. The molecule has 0 aromatic heterocycles. The van der Waals surface area contributed by atoms with Gasteiger partial charge < -0.3 is 158 Å². The number of carboxylic acid groups (broad SMARTS) is 3. The number of aliphatic carboxylic acids is 3. The van der Waals surface area contributed by atoms with E-state index in [1.807, 2.05) is 36.4 Å². The number of amides is 9. The Morgan fingerprint density at radius 2 is 1.18 bits per heavy atom. The maximum atomic E-state index is 16.7. The van der Waals surface area contributed by atoms with Crippen LogP contribution in [-0.4, -0.2) is 272 Å². The minimum absolute atomic E-state index is 0.153. The lowest BCUT2D eigenvalue weighted by Gasteiger charge is -2.48. The third-order valence-corrected chi connectivity index (χ3v) is 25.8. The summed E-state index contributed by atoms with van der Waals surface area (Å²) in [4.78, 5) is 175. The molecule has 8 heterocycles. The quantitative estimate of drug-likeness (QED) is 0.0369. The molecular formula is C94H106Cl3N11O32. The van der Waals surface area contributed by atoms with Gasteiger partial charge in [0.1, 0.15) is 109 Å². The number of ether oxygens (including phenoxy) is 8. The van der Waals surface area contributed by atoms with E-state index in [9.17, 15) is 90.0 Å². The lowest BCUT2D eigenvalue weighted by molar-refractivity contribution is -0.334. The van der Waals surface area contributed by atoms with Crippen molar-refractivity contribution >= 4 is 106 Å². The van der Waals surface area contributed by atoms with Crippen molar-refractivity contribution in [3.05, 3.63) is 176 Å². The molecular weight excluding hydrogens is 1900 g/mol. The topological polar surface area (TPSA) is 664 Å². The summed E-state index contributed by atoms with van der Waals surface area (Å²) in [5.41, 5.74) is 8.94. The van der Waals surface area contributed by atoms with Crippen LogP contribution < -0.4 is 62.9 Å². The molecule has 9 amide bonds. The van der Waals surface area contributed by atoms with E-state index in [0.717, 1.165) is 101 Å². The molecule has 11 bridgehead atoms. The van der Waals surface area contributed by atoms with E-state index in [0.29, 0.717) is 9.92 Å². The highest BCUT2D eigenvalue weighted by molar-refractivity contribution is 6.32. The summed E-state index contributed by atoms with van der Waals surface area (Å²) in [5, 5.41) is 154. The number of primary amides is 1. The van der Waals surface area contributed by atoms with Gasteiger partial charge in [0.05, 0.1) is 47.5 Å². The fourth-order valence-corrected chi connectivity index (χ4v) is 18.1. The Kier molecular flexibility index (Phi) is 32.6. The van der Waals surface area contributed by atoms with Crippen LogP contribution in [0.25, 0.3) is 22.3 Å². The first-order valence-corrected chi connectivity index (χ1v) is 45.4. The Balaban J connectivity index is 0.996. The van der Waals surface area contributed by atoms with Crippen LogP contribution in [-0.2, 0) is 87.8 Å². The fourth-order valence-electron chi connectivity index (χ4n) is 17.5. The maximum absolute atomic E-state index is 16.7. The van der Waals surface area contributed by atoms with Gasteiger partial charge in [0.25, 0.3) is 0 Å². The Hall–Kier alpha value is -12.7. The Labute approximate surface area is 813 Å². The van der Waals surface area contributed by atoms with Crippen molar-refractivity contribution in [2.24, 2.45) is 17.4 Å². The van der Waals surface area contributed by atoms with Crippen LogP contribution in [0.3, 0.4) is 0 Å². The van der Waals surface area contributed by atoms with E-state index in [-0.39, 0.29) is 30.5 Å². The second kappa shape index (κ2) is 43.6. The van der Waals surface area contributed by atoms with Crippen LogP contribution in [0.15, 0.2) is 127 Å². The van der Waals surface area contributed by atoms with Crippen LogP contribution in [0, 0.1) is 5.92 Å². The molecule has 7 aromatic rings. The first-order chi connectivity index (χ1) is 66.1. The summed E-state index contributed by atoms with van der Waals surface area (Å²) in [6.07, 6.45) is -26.1. The molecule has 0 saturated carbocycles. The number of nitrogens with zero attached hydrogens (tertiary/aromatic N) is 2. The van der Waals surface area contributed by atoms with Crippen molar-refractivity contribution in [2.45, 2.75) is 220 Å². The zero-order valence-corrected chi connectivity index (χ0v) is 78.3. The Bertz CT molecular complexity index is 5890. The molecule has 23 N–H and O–H groups in total. The van der Waals surface area contributed by atoms with Gasteiger partial charge >= 0.3 is 17.9 Å². The number of likely N-dealkylation sites (N-methyl/N-ethyl adjacent to an activating group) is 1. The number of hydrogen-bond donors (Lipinski definition) is 21. The summed E-state index contributed by atoms with van der Waals surface area (Å²) in [7, 11) is 1.13. The third-order valence-electron chi connectivity index (χ3n) is 25.0. The number of phenolic OH excluding ortho intramolecular Hbond substituents is 3. The molecule has 0 aliphatic carbocycles. The first kappa shape index (κ1) is 105. The molecule has 750 valence electrons. The maximum Gasteiger partial charge on any atom is 0.330 e. The summed E-state index contributed by atoms with van der Waals surface area (Å²) in [6, 6.07) is 12.1. The molecule has 46 heteroatoms. The van der Waals surface area contributed by atoms with Crippen LogP contribution in [0.5, 0.6) is 46.0 Å². The van der Waals surface area contributed by atoms with Crippen molar-refractivity contribution in [1.29, 1.82) is 0 Å². The average molecular weight is 2010 g/mol. The number of benzene rings is 7. The van der Waals surface area contributed by atoms with Gasteiger partial charge in [-0.25, -0.2) is 4.79 Å². The number of aromatic hydroxyl groups is 3. The molecule has 8 aliphatic heterocycles. The number of nitrogens with two attached hydrogens (primary N) is 2. The van der Waals surface area contributed by atoms with Gasteiger partial charge in [0.15, 0.2) is 36.2 Å². The van der Waals surface area contributed by atoms with Crippen molar-refractivity contribution < 1.29 is 157 Å². The predicted octanol–water partition coefficient (Wildman–Crippen LogP) is 3.51. The third kappa shape index (κ3) is 23.8.